The van der Waals surface area contributed by atoms with Crippen LogP contribution in [0.25, 0.3) is 0 Å². The Labute approximate surface area is 139 Å². The van der Waals surface area contributed by atoms with Crippen LogP contribution in [0.1, 0.15) is 17.0 Å². The van der Waals surface area contributed by atoms with Crippen LogP contribution in [0.15, 0.2) is 18.2 Å². The summed E-state index contributed by atoms with van der Waals surface area (Å²) in [5.41, 5.74) is 4.21. The van der Waals surface area contributed by atoms with Crippen LogP contribution < -0.4 is 10.2 Å². The van der Waals surface area contributed by atoms with Crippen molar-refractivity contribution in [2.75, 3.05) is 23.3 Å². The van der Waals surface area contributed by atoms with Crippen molar-refractivity contribution in [3.63, 3.8) is 0 Å². The zero-order valence-corrected chi connectivity index (χ0v) is 13.9. The van der Waals surface area contributed by atoms with E-state index in [0.717, 1.165) is 34.7 Å². The molecule has 0 atom stereocenters. The lowest BCUT2D eigenvalue weighted by Crippen LogP contribution is -2.32. The second-order valence-corrected chi connectivity index (χ2v) is 5.96. The number of nitro groups is 1. The summed E-state index contributed by atoms with van der Waals surface area (Å²) in [5, 5.41) is 18.1. The van der Waals surface area contributed by atoms with Crippen molar-refractivity contribution in [1.29, 1.82) is 0 Å². The number of aromatic nitrogens is 2. The molecular weight excluding hydrogens is 310 g/mol. The minimum absolute atomic E-state index is 0.0417. The lowest BCUT2D eigenvalue weighted by Gasteiger charge is -2.18. The number of aryl methyl sites for hydroxylation is 2. The van der Waals surface area contributed by atoms with Gasteiger partial charge in [0.15, 0.2) is 0 Å². The van der Waals surface area contributed by atoms with Gasteiger partial charge in [0.2, 0.25) is 5.91 Å². The number of carbonyl (C=O) groups excluding carboxylic acids is 1. The molecule has 0 saturated heterocycles. The number of hydrogen-bond acceptors (Lipinski definition) is 5. The normalized spacial score (nSPS) is 13.0. The summed E-state index contributed by atoms with van der Waals surface area (Å²) in [4.78, 5) is 24.8. The molecule has 126 valence electrons. The molecule has 1 aliphatic heterocycles. The SMILES string of the molecule is Cc1nn(C)c(C)c1NC(=O)CN1CCc2ccc([N+](=O)[O-])cc21. The van der Waals surface area contributed by atoms with E-state index in [9.17, 15) is 14.9 Å². The van der Waals surface area contributed by atoms with Crippen molar-refractivity contribution < 1.29 is 9.72 Å². The number of nitrogens with zero attached hydrogens (tertiary/aromatic N) is 4. The number of nitro benzene ring substituents is 1. The molecule has 0 fully saturated rings. The van der Waals surface area contributed by atoms with Gasteiger partial charge in [0.25, 0.3) is 5.69 Å². The maximum atomic E-state index is 12.4. The zero-order chi connectivity index (χ0) is 17.4. The van der Waals surface area contributed by atoms with Gasteiger partial charge in [-0.3, -0.25) is 19.6 Å². The maximum absolute atomic E-state index is 12.4. The van der Waals surface area contributed by atoms with E-state index in [1.54, 1.807) is 10.7 Å². The predicted molar refractivity (Wildman–Crippen MR) is 90.3 cm³/mol. The molecule has 0 aliphatic carbocycles. The zero-order valence-electron chi connectivity index (χ0n) is 13.9. The molecule has 1 aliphatic rings. The molecule has 0 spiro atoms. The van der Waals surface area contributed by atoms with Crippen LogP contribution in [-0.4, -0.2) is 33.7 Å². The van der Waals surface area contributed by atoms with E-state index in [1.165, 1.54) is 12.1 Å². The third-order valence-electron chi connectivity index (χ3n) is 4.38. The molecule has 1 aromatic heterocycles. The number of rotatable bonds is 4. The summed E-state index contributed by atoms with van der Waals surface area (Å²) in [6.45, 7) is 4.57. The van der Waals surface area contributed by atoms with Crippen LogP contribution in [0.3, 0.4) is 0 Å². The fourth-order valence-electron chi connectivity index (χ4n) is 3.02. The number of anilines is 2. The van der Waals surface area contributed by atoms with Crippen molar-refractivity contribution in [2.45, 2.75) is 20.3 Å². The molecular formula is C16H19N5O3. The Hall–Kier alpha value is -2.90. The highest BCUT2D eigenvalue weighted by Gasteiger charge is 2.24. The van der Waals surface area contributed by atoms with E-state index >= 15 is 0 Å². The van der Waals surface area contributed by atoms with Crippen LogP contribution in [0.2, 0.25) is 0 Å². The van der Waals surface area contributed by atoms with E-state index in [4.69, 9.17) is 0 Å². The van der Waals surface area contributed by atoms with Gasteiger partial charge in [0.05, 0.1) is 28.5 Å². The van der Waals surface area contributed by atoms with Crippen molar-refractivity contribution in [1.82, 2.24) is 9.78 Å². The molecule has 2 aromatic rings. The highest BCUT2D eigenvalue weighted by Crippen LogP contribution is 2.31. The fraction of sp³-hybridized carbons (Fsp3) is 0.375. The molecule has 0 saturated carbocycles. The lowest BCUT2D eigenvalue weighted by molar-refractivity contribution is -0.384. The smallest absolute Gasteiger partial charge is 0.271 e. The molecule has 8 heteroatoms. The summed E-state index contributed by atoms with van der Waals surface area (Å²) < 4.78 is 1.72. The second kappa shape index (κ2) is 5.95. The lowest BCUT2D eigenvalue weighted by atomic mass is 10.1. The van der Waals surface area contributed by atoms with Gasteiger partial charge in [-0.05, 0) is 25.8 Å². The number of benzene rings is 1. The van der Waals surface area contributed by atoms with Gasteiger partial charge in [0.1, 0.15) is 0 Å². The van der Waals surface area contributed by atoms with E-state index in [2.05, 4.69) is 10.4 Å². The molecule has 1 amide bonds. The van der Waals surface area contributed by atoms with Crippen molar-refractivity contribution >= 4 is 23.0 Å². The summed E-state index contributed by atoms with van der Waals surface area (Å²) in [5.74, 6) is -0.159. The van der Waals surface area contributed by atoms with Crippen LogP contribution >= 0.6 is 0 Å². The summed E-state index contributed by atoms with van der Waals surface area (Å²) in [6, 6.07) is 4.81. The van der Waals surface area contributed by atoms with Crippen molar-refractivity contribution in [2.24, 2.45) is 7.05 Å². The molecule has 24 heavy (non-hydrogen) atoms. The summed E-state index contributed by atoms with van der Waals surface area (Å²) >= 11 is 0. The topological polar surface area (TPSA) is 93.3 Å². The van der Waals surface area contributed by atoms with Gasteiger partial charge in [-0.2, -0.15) is 5.10 Å². The number of non-ortho nitro benzene ring substituents is 1. The van der Waals surface area contributed by atoms with Gasteiger partial charge in [-0.1, -0.05) is 6.07 Å². The van der Waals surface area contributed by atoms with Crippen LogP contribution in [0, 0.1) is 24.0 Å². The number of amides is 1. The number of hydrogen-bond donors (Lipinski definition) is 1. The molecule has 3 rings (SSSR count). The largest absolute Gasteiger partial charge is 0.361 e. The standard InChI is InChI=1S/C16H19N5O3/c1-10-16(11(2)19(3)18-10)17-15(22)9-20-7-6-12-4-5-13(21(23)24)8-14(12)20/h4-5,8H,6-7,9H2,1-3H3,(H,17,22). The molecule has 8 nitrogen and oxygen atoms in total. The third-order valence-corrected chi connectivity index (χ3v) is 4.38. The highest BCUT2D eigenvalue weighted by molar-refractivity contribution is 5.95. The first-order chi connectivity index (χ1) is 11.4. The molecule has 2 heterocycles. The van der Waals surface area contributed by atoms with Gasteiger partial charge in [-0.25, -0.2) is 0 Å². The van der Waals surface area contributed by atoms with Crippen LogP contribution in [-0.2, 0) is 18.3 Å². The monoisotopic (exact) mass is 329 g/mol. The van der Waals surface area contributed by atoms with Crippen LogP contribution in [0.5, 0.6) is 0 Å². The van der Waals surface area contributed by atoms with Crippen LogP contribution in [0.4, 0.5) is 17.1 Å². The highest BCUT2D eigenvalue weighted by atomic mass is 16.6. The van der Waals surface area contributed by atoms with Gasteiger partial charge in [0, 0.05) is 31.4 Å². The Morgan fingerprint density at radius 1 is 1.42 bits per heavy atom. The van der Waals surface area contributed by atoms with Gasteiger partial charge < -0.3 is 10.2 Å². The Bertz CT molecular complexity index is 827. The molecule has 0 bridgehead atoms. The van der Waals surface area contributed by atoms with E-state index < -0.39 is 4.92 Å². The molecule has 0 unspecified atom stereocenters. The van der Waals surface area contributed by atoms with Gasteiger partial charge >= 0.3 is 0 Å². The third kappa shape index (κ3) is 2.82. The molecule has 1 N–H and O–H groups in total. The predicted octanol–water partition coefficient (Wildman–Crippen LogP) is 1.95. The minimum atomic E-state index is -0.417. The molecule has 0 radical (unpaired) electrons. The number of nitrogens with one attached hydrogen (secondary N) is 1. The second-order valence-electron chi connectivity index (χ2n) is 5.96. The van der Waals surface area contributed by atoms with Crippen molar-refractivity contribution in [3.05, 3.63) is 45.3 Å². The first kappa shape index (κ1) is 16.0. The average molecular weight is 329 g/mol. The Kier molecular flexibility index (Phi) is 3.96. The fourth-order valence-corrected chi connectivity index (χ4v) is 3.02. The average Bonchev–Trinajstić information content (AvgIpc) is 3.03. The van der Waals surface area contributed by atoms with E-state index in [1.807, 2.05) is 25.8 Å². The summed E-state index contributed by atoms with van der Waals surface area (Å²) in [6.07, 6.45) is 0.783. The quantitative estimate of drug-likeness (QED) is 0.683. The molecule has 1 aromatic carbocycles. The first-order valence-corrected chi connectivity index (χ1v) is 7.69. The van der Waals surface area contributed by atoms with E-state index in [-0.39, 0.29) is 18.1 Å². The Balaban J connectivity index is 1.75. The number of fused-ring (bicyclic) bond motifs is 1. The number of carbonyl (C=O) groups is 1. The van der Waals surface area contributed by atoms with E-state index in [0.29, 0.717) is 6.54 Å². The Morgan fingerprint density at radius 2 is 2.17 bits per heavy atom. The van der Waals surface area contributed by atoms with Gasteiger partial charge in [-0.15, -0.1) is 0 Å². The first-order valence-electron chi connectivity index (χ1n) is 7.69. The summed E-state index contributed by atoms with van der Waals surface area (Å²) in [7, 11) is 1.83. The maximum Gasteiger partial charge on any atom is 0.271 e. The Morgan fingerprint density at radius 3 is 2.79 bits per heavy atom. The van der Waals surface area contributed by atoms with Crippen molar-refractivity contribution in [3.8, 4) is 0 Å². The minimum Gasteiger partial charge on any atom is -0.361 e.